The number of fused-ring (bicyclic) bond motifs is 3. The number of hydrogen-bond donors (Lipinski definition) is 3. The van der Waals surface area contributed by atoms with E-state index in [1.165, 1.54) is 0 Å². The van der Waals surface area contributed by atoms with Gasteiger partial charge in [0.2, 0.25) is 5.91 Å². The monoisotopic (exact) mass is 441 g/mol. The summed E-state index contributed by atoms with van der Waals surface area (Å²) in [6.45, 7) is 8.55. The highest BCUT2D eigenvalue weighted by Crippen LogP contribution is 2.22. The molecule has 3 aromatic rings. The molecule has 9 heteroatoms. The van der Waals surface area contributed by atoms with Crippen LogP contribution in [-0.4, -0.2) is 45.5 Å². The molecule has 2 amide bonds. The number of hydrogen-bond acceptors (Lipinski definition) is 5. The van der Waals surface area contributed by atoms with E-state index in [1.54, 1.807) is 25.3 Å². The van der Waals surface area contributed by atoms with Gasteiger partial charge in [-0.1, -0.05) is 18.2 Å². The summed E-state index contributed by atoms with van der Waals surface area (Å²) in [5.74, 6) is -0.0886. The third-order valence-electron chi connectivity index (χ3n) is 4.99. The zero-order valence-electron chi connectivity index (χ0n) is 19.1. The summed E-state index contributed by atoms with van der Waals surface area (Å²) in [6.07, 6.45) is 0.957. The summed E-state index contributed by atoms with van der Waals surface area (Å²) < 4.78 is 6.90. The number of aryl methyl sites for hydroxylation is 2. The fourth-order valence-corrected chi connectivity index (χ4v) is 3.57. The van der Waals surface area contributed by atoms with Crippen LogP contribution in [0.3, 0.4) is 0 Å². The Morgan fingerprint density at radius 3 is 2.59 bits per heavy atom. The summed E-state index contributed by atoms with van der Waals surface area (Å²) in [4.78, 5) is 36.7. The van der Waals surface area contributed by atoms with Gasteiger partial charge in [-0.2, -0.15) is 5.10 Å². The van der Waals surface area contributed by atoms with Gasteiger partial charge in [-0.25, -0.2) is 4.79 Å². The summed E-state index contributed by atoms with van der Waals surface area (Å²) in [5, 5.41) is 14.2. The average Bonchev–Trinajstić information content (AvgIpc) is 3.11. The van der Waals surface area contributed by atoms with E-state index >= 15 is 0 Å². The molecule has 1 aromatic carbocycles. The van der Waals surface area contributed by atoms with Crippen LogP contribution in [0.15, 0.2) is 29.1 Å². The second-order valence-corrected chi connectivity index (χ2v) is 8.78. The predicted molar refractivity (Wildman–Crippen MR) is 124 cm³/mol. The molecule has 172 valence electrons. The van der Waals surface area contributed by atoms with Crippen LogP contribution < -0.4 is 16.2 Å². The van der Waals surface area contributed by atoms with E-state index in [-0.39, 0.29) is 11.5 Å². The van der Waals surface area contributed by atoms with Crippen molar-refractivity contribution in [2.45, 2.75) is 59.1 Å². The number of alkyl carbamates (subject to hydrolysis) is 1. The minimum absolute atomic E-state index is 0.0792. The number of rotatable bonds is 8. The fraction of sp³-hybridized carbons (Fsp3) is 0.478. The van der Waals surface area contributed by atoms with E-state index in [0.717, 1.165) is 16.6 Å². The van der Waals surface area contributed by atoms with E-state index in [4.69, 9.17) is 4.74 Å². The highest BCUT2D eigenvalue weighted by molar-refractivity contribution is 6.03. The van der Waals surface area contributed by atoms with Gasteiger partial charge < -0.3 is 19.9 Å². The molecule has 0 aliphatic carbocycles. The first-order valence-corrected chi connectivity index (χ1v) is 10.9. The lowest BCUT2D eigenvalue weighted by Crippen LogP contribution is -2.33. The molecule has 9 nitrogen and oxygen atoms in total. The summed E-state index contributed by atoms with van der Waals surface area (Å²) in [5.41, 5.74) is 1.64. The first kappa shape index (κ1) is 23.3. The fourth-order valence-electron chi connectivity index (χ4n) is 3.57. The highest BCUT2D eigenvalue weighted by Gasteiger charge is 2.16. The van der Waals surface area contributed by atoms with Gasteiger partial charge in [0.15, 0.2) is 0 Å². The molecule has 0 fully saturated rings. The smallest absolute Gasteiger partial charge is 0.407 e. The molecular weight excluding hydrogens is 410 g/mol. The third kappa shape index (κ3) is 5.66. The molecule has 0 aliphatic heterocycles. The molecule has 32 heavy (non-hydrogen) atoms. The molecule has 2 heterocycles. The molecule has 0 bridgehead atoms. The van der Waals surface area contributed by atoms with Crippen molar-refractivity contribution in [3.63, 3.8) is 0 Å². The Labute approximate surface area is 186 Å². The molecule has 0 spiro atoms. The number of nitrogens with zero attached hydrogens (tertiary/aromatic N) is 2. The second kappa shape index (κ2) is 9.84. The molecule has 2 aromatic heterocycles. The van der Waals surface area contributed by atoms with Gasteiger partial charge in [0.05, 0.1) is 10.9 Å². The number of ether oxygens (including phenoxy) is 1. The molecule has 3 N–H and O–H groups in total. The van der Waals surface area contributed by atoms with Gasteiger partial charge in [-0.15, -0.1) is 0 Å². The van der Waals surface area contributed by atoms with Crippen LogP contribution in [0.1, 0.15) is 45.7 Å². The summed E-state index contributed by atoms with van der Waals surface area (Å²) in [7, 11) is 0. The normalized spacial score (nSPS) is 11.6. The molecule has 0 atom stereocenters. The lowest BCUT2D eigenvalue weighted by Gasteiger charge is -2.19. The van der Waals surface area contributed by atoms with E-state index in [0.29, 0.717) is 49.8 Å². The quantitative estimate of drug-likeness (QED) is 0.465. The van der Waals surface area contributed by atoms with Gasteiger partial charge in [0.1, 0.15) is 11.1 Å². The van der Waals surface area contributed by atoms with Crippen LogP contribution in [0.25, 0.3) is 21.8 Å². The predicted octanol–water partition coefficient (Wildman–Crippen LogP) is 3.00. The molecule has 0 aliphatic rings. The molecule has 0 saturated heterocycles. The maximum atomic E-state index is 13.0. The minimum atomic E-state index is -0.546. The number of aromatic amines is 1. The number of H-pyrrole nitrogens is 1. The van der Waals surface area contributed by atoms with E-state index in [1.807, 2.05) is 31.2 Å². The number of nitrogens with one attached hydrogen (secondary N) is 3. The number of carbonyl (C=O) groups is 2. The van der Waals surface area contributed by atoms with Gasteiger partial charge in [-0.05, 0) is 46.6 Å². The minimum Gasteiger partial charge on any atom is -0.444 e. The Kier molecular flexibility index (Phi) is 7.17. The van der Waals surface area contributed by atoms with Crippen LogP contribution in [0, 0.1) is 6.92 Å². The highest BCUT2D eigenvalue weighted by atomic mass is 16.6. The Bertz CT molecular complexity index is 1170. The molecule has 0 saturated carbocycles. The molecular formula is C23H31N5O4. The maximum absolute atomic E-state index is 13.0. The zero-order valence-corrected chi connectivity index (χ0v) is 19.1. The largest absolute Gasteiger partial charge is 0.444 e. The van der Waals surface area contributed by atoms with Gasteiger partial charge in [0, 0.05) is 37.1 Å². The maximum Gasteiger partial charge on any atom is 0.407 e. The van der Waals surface area contributed by atoms with Crippen LogP contribution in [0.5, 0.6) is 0 Å². The van der Waals surface area contributed by atoms with Crippen molar-refractivity contribution in [3.05, 3.63) is 40.3 Å². The number of amides is 2. The number of benzene rings is 1. The standard InChI is InChI=1S/C23H31N5O4/c1-15-19-20(27-26-15)16-9-5-6-10-17(16)28(21(19)30)14-8-13-24-18(29)11-7-12-25-22(31)32-23(2,3)4/h5-6,9-10H,7-8,11-14H2,1-4H3,(H,24,29)(H,25,31)(H,26,27). The second-order valence-electron chi connectivity index (χ2n) is 8.78. The van der Waals surface area contributed by atoms with Crippen molar-refractivity contribution >= 4 is 33.8 Å². The Hall–Kier alpha value is -3.36. The van der Waals surface area contributed by atoms with E-state index < -0.39 is 11.7 Å². The first-order chi connectivity index (χ1) is 15.2. The van der Waals surface area contributed by atoms with Crippen LogP contribution in [-0.2, 0) is 16.1 Å². The van der Waals surface area contributed by atoms with Crippen LogP contribution >= 0.6 is 0 Å². The summed E-state index contributed by atoms with van der Waals surface area (Å²) in [6, 6.07) is 7.70. The van der Waals surface area contributed by atoms with Crippen molar-refractivity contribution in [1.82, 2.24) is 25.4 Å². The van der Waals surface area contributed by atoms with E-state index in [2.05, 4.69) is 20.8 Å². The van der Waals surface area contributed by atoms with Crippen molar-refractivity contribution in [1.29, 1.82) is 0 Å². The average molecular weight is 442 g/mol. The Morgan fingerprint density at radius 2 is 1.84 bits per heavy atom. The van der Waals surface area contributed by atoms with Crippen molar-refractivity contribution in [3.8, 4) is 0 Å². The molecule has 0 unspecified atom stereocenters. The SMILES string of the molecule is Cc1[nH]nc2c1c(=O)n(CCCNC(=O)CCCNC(=O)OC(C)(C)C)c1ccccc21. The first-order valence-electron chi connectivity index (χ1n) is 10.9. The summed E-state index contributed by atoms with van der Waals surface area (Å²) >= 11 is 0. The number of pyridine rings is 1. The Morgan fingerprint density at radius 1 is 1.12 bits per heavy atom. The lowest BCUT2D eigenvalue weighted by atomic mass is 10.1. The lowest BCUT2D eigenvalue weighted by molar-refractivity contribution is -0.121. The van der Waals surface area contributed by atoms with Crippen molar-refractivity contribution in [2.24, 2.45) is 0 Å². The molecule has 3 rings (SSSR count). The van der Waals surface area contributed by atoms with E-state index in [9.17, 15) is 14.4 Å². The zero-order chi connectivity index (χ0) is 23.3. The molecule has 0 radical (unpaired) electrons. The third-order valence-corrected chi connectivity index (χ3v) is 4.99. The van der Waals surface area contributed by atoms with Crippen molar-refractivity contribution in [2.75, 3.05) is 13.1 Å². The van der Waals surface area contributed by atoms with Gasteiger partial charge in [-0.3, -0.25) is 14.7 Å². The number of para-hydroxylation sites is 1. The topological polar surface area (TPSA) is 118 Å². The number of carbonyl (C=O) groups excluding carboxylic acids is 2. The van der Waals surface area contributed by atoms with Gasteiger partial charge >= 0.3 is 6.09 Å². The van der Waals surface area contributed by atoms with Crippen molar-refractivity contribution < 1.29 is 14.3 Å². The Balaban J connectivity index is 1.49. The van der Waals surface area contributed by atoms with Gasteiger partial charge in [0.25, 0.3) is 5.56 Å². The van der Waals surface area contributed by atoms with Crippen LogP contribution in [0.4, 0.5) is 4.79 Å². The van der Waals surface area contributed by atoms with Crippen LogP contribution in [0.2, 0.25) is 0 Å². The number of aromatic nitrogens is 3.